The van der Waals surface area contributed by atoms with Crippen molar-refractivity contribution in [2.24, 2.45) is 0 Å². The Morgan fingerprint density at radius 2 is 1.86 bits per heavy atom. The van der Waals surface area contributed by atoms with E-state index in [1.807, 2.05) is 6.07 Å². The molecule has 0 aliphatic carbocycles. The molecule has 21 heavy (non-hydrogen) atoms. The number of halogens is 1. The Hall–Kier alpha value is -0.430. The van der Waals surface area contributed by atoms with E-state index >= 15 is 0 Å². The zero-order valence-corrected chi connectivity index (χ0v) is 15.2. The van der Waals surface area contributed by atoms with E-state index in [1.54, 1.807) is 12.1 Å². The summed E-state index contributed by atoms with van der Waals surface area (Å²) < 4.78 is 27.9. The van der Waals surface area contributed by atoms with Crippen LogP contribution in [-0.4, -0.2) is 21.5 Å². The molecule has 0 saturated carbocycles. The van der Waals surface area contributed by atoms with Gasteiger partial charge in [-0.15, -0.1) is 0 Å². The zero-order chi connectivity index (χ0) is 15.7. The van der Waals surface area contributed by atoms with Gasteiger partial charge < -0.3 is 5.32 Å². The first kappa shape index (κ1) is 18.6. The third-order valence-corrected chi connectivity index (χ3v) is 5.57. The molecular formula is C15H25BrN2O2S. The van der Waals surface area contributed by atoms with Gasteiger partial charge in [-0.2, -0.15) is 0 Å². The lowest BCUT2D eigenvalue weighted by atomic mass is 10.2. The van der Waals surface area contributed by atoms with Gasteiger partial charge in [-0.05, 0) is 53.0 Å². The molecule has 0 atom stereocenters. The summed E-state index contributed by atoms with van der Waals surface area (Å²) in [5, 5.41) is 3.28. The van der Waals surface area contributed by atoms with Crippen molar-refractivity contribution in [3.05, 3.63) is 28.2 Å². The lowest BCUT2D eigenvalue weighted by Crippen LogP contribution is -2.25. The lowest BCUT2D eigenvalue weighted by Gasteiger charge is -2.11. The molecule has 0 heterocycles. The van der Waals surface area contributed by atoms with Crippen molar-refractivity contribution in [3.63, 3.8) is 0 Å². The van der Waals surface area contributed by atoms with Gasteiger partial charge in [0.2, 0.25) is 10.0 Å². The molecule has 0 aliphatic rings. The third-order valence-electron chi connectivity index (χ3n) is 3.11. The van der Waals surface area contributed by atoms with Crippen LogP contribution in [-0.2, 0) is 16.6 Å². The van der Waals surface area contributed by atoms with E-state index in [9.17, 15) is 8.42 Å². The minimum atomic E-state index is -3.45. The highest BCUT2D eigenvalue weighted by Gasteiger charge is 2.17. The monoisotopic (exact) mass is 376 g/mol. The van der Waals surface area contributed by atoms with Crippen molar-refractivity contribution in [2.45, 2.75) is 51.0 Å². The Balaban J connectivity index is 2.77. The first-order valence-corrected chi connectivity index (χ1v) is 9.77. The summed E-state index contributed by atoms with van der Waals surface area (Å²) in [7, 11) is -3.45. The smallest absolute Gasteiger partial charge is 0.241 e. The molecule has 0 amide bonds. The molecule has 1 aromatic rings. The molecule has 120 valence electrons. The minimum absolute atomic E-state index is 0.315. The number of hydrogen-bond acceptors (Lipinski definition) is 3. The number of hydrogen-bond donors (Lipinski definition) is 2. The van der Waals surface area contributed by atoms with Crippen LogP contribution in [0.15, 0.2) is 27.6 Å². The summed E-state index contributed by atoms with van der Waals surface area (Å²) in [4.78, 5) is 0.315. The van der Waals surface area contributed by atoms with E-state index in [0.717, 1.165) is 37.8 Å². The summed E-state index contributed by atoms with van der Waals surface area (Å²) in [5.74, 6) is 0. The van der Waals surface area contributed by atoms with Crippen LogP contribution < -0.4 is 10.0 Å². The van der Waals surface area contributed by atoms with Gasteiger partial charge in [0.05, 0.1) is 4.90 Å². The van der Waals surface area contributed by atoms with Gasteiger partial charge in [0, 0.05) is 17.6 Å². The predicted octanol–water partition coefficient (Wildman–Crippen LogP) is 3.42. The predicted molar refractivity (Wildman–Crippen MR) is 90.9 cm³/mol. The first-order valence-electron chi connectivity index (χ1n) is 7.50. The standard InChI is InChI=1S/C15H25BrN2O2S/c1-3-5-6-10-18-21(19,20)15-11-13(7-8-14(15)16)12-17-9-4-2/h7-8,11,17-18H,3-6,9-10,12H2,1-2H3. The molecule has 1 rings (SSSR count). The summed E-state index contributed by atoms with van der Waals surface area (Å²) in [6, 6.07) is 5.46. The normalized spacial score (nSPS) is 11.8. The highest BCUT2D eigenvalue weighted by molar-refractivity contribution is 9.10. The van der Waals surface area contributed by atoms with Crippen LogP contribution in [0.4, 0.5) is 0 Å². The van der Waals surface area contributed by atoms with Crippen LogP contribution in [0.2, 0.25) is 0 Å². The fourth-order valence-electron chi connectivity index (χ4n) is 1.93. The number of unbranched alkanes of at least 4 members (excludes halogenated alkanes) is 2. The molecule has 0 aliphatic heterocycles. The van der Waals surface area contributed by atoms with Crippen LogP contribution in [0.5, 0.6) is 0 Å². The molecule has 4 nitrogen and oxygen atoms in total. The van der Waals surface area contributed by atoms with Crippen molar-refractivity contribution in [1.82, 2.24) is 10.0 Å². The van der Waals surface area contributed by atoms with Crippen molar-refractivity contribution in [1.29, 1.82) is 0 Å². The SMILES string of the molecule is CCCCCNS(=O)(=O)c1cc(CNCCC)ccc1Br. The number of nitrogens with one attached hydrogen (secondary N) is 2. The fourth-order valence-corrected chi connectivity index (χ4v) is 4.02. The quantitative estimate of drug-likeness (QED) is 0.615. The van der Waals surface area contributed by atoms with E-state index < -0.39 is 10.0 Å². The lowest BCUT2D eigenvalue weighted by molar-refractivity contribution is 0.575. The maximum absolute atomic E-state index is 12.3. The average molecular weight is 377 g/mol. The number of rotatable bonds is 10. The van der Waals surface area contributed by atoms with E-state index in [1.165, 1.54) is 0 Å². The highest BCUT2D eigenvalue weighted by atomic mass is 79.9. The largest absolute Gasteiger partial charge is 0.313 e. The van der Waals surface area contributed by atoms with Gasteiger partial charge in [-0.25, -0.2) is 13.1 Å². The van der Waals surface area contributed by atoms with Gasteiger partial charge >= 0.3 is 0 Å². The van der Waals surface area contributed by atoms with Crippen LogP contribution in [0.3, 0.4) is 0 Å². The van der Waals surface area contributed by atoms with E-state index in [2.05, 4.69) is 39.8 Å². The molecule has 6 heteroatoms. The summed E-state index contributed by atoms with van der Waals surface area (Å²) in [6.07, 6.45) is 4.03. The van der Waals surface area contributed by atoms with Gasteiger partial charge in [0.25, 0.3) is 0 Å². The Morgan fingerprint density at radius 1 is 1.10 bits per heavy atom. The van der Waals surface area contributed by atoms with Crippen LogP contribution in [0, 0.1) is 0 Å². The van der Waals surface area contributed by atoms with E-state index in [-0.39, 0.29) is 0 Å². The second-order valence-electron chi connectivity index (χ2n) is 5.05. The van der Waals surface area contributed by atoms with E-state index in [4.69, 9.17) is 0 Å². The van der Waals surface area contributed by atoms with Crippen molar-refractivity contribution in [2.75, 3.05) is 13.1 Å². The van der Waals surface area contributed by atoms with Gasteiger partial charge in [0.15, 0.2) is 0 Å². The maximum Gasteiger partial charge on any atom is 0.241 e. The first-order chi connectivity index (χ1) is 10.0. The van der Waals surface area contributed by atoms with Gasteiger partial charge in [0.1, 0.15) is 0 Å². The summed E-state index contributed by atoms with van der Waals surface area (Å²) >= 11 is 3.33. The second-order valence-corrected chi connectivity index (χ2v) is 7.64. The van der Waals surface area contributed by atoms with Crippen LogP contribution >= 0.6 is 15.9 Å². The Bertz CT molecular complexity index is 532. The molecule has 0 bridgehead atoms. The number of benzene rings is 1. The molecule has 0 saturated heterocycles. The molecule has 2 N–H and O–H groups in total. The topological polar surface area (TPSA) is 58.2 Å². The highest BCUT2D eigenvalue weighted by Crippen LogP contribution is 2.23. The third kappa shape index (κ3) is 6.46. The van der Waals surface area contributed by atoms with Crippen LogP contribution in [0.1, 0.15) is 45.1 Å². The maximum atomic E-state index is 12.3. The van der Waals surface area contributed by atoms with Crippen molar-refractivity contribution >= 4 is 26.0 Å². The van der Waals surface area contributed by atoms with Crippen molar-refractivity contribution in [3.8, 4) is 0 Å². The molecule has 1 aromatic carbocycles. The van der Waals surface area contributed by atoms with Crippen molar-refractivity contribution < 1.29 is 8.42 Å². The number of sulfonamides is 1. The fraction of sp³-hybridized carbons (Fsp3) is 0.600. The molecule has 0 aromatic heterocycles. The molecule has 0 radical (unpaired) electrons. The molecule has 0 spiro atoms. The Labute approximate surface area is 136 Å². The second kappa shape index (κ2) is 9.56. The Kier molecular flexibility index (Phi) is 8.48. The molecular weight excluding hydrogens is 352 g/mol. The summed E-state index contributed by atoms with van der Waals surface area (Å²) in [5.41, 5.74) is 0.973. The zero-order valence-electron chi connectivity index (χ0n) is 12.8. The average Bonchev–Trinajstić information content (AvgIpc) is 2.45. The van der Waals surface area contributed by atoms with Crippen LogP contribution in [0.25, 0.3) is 0 Å². The van der Waals surface area contributed by atoms with Gasteiger partial charge in [-0.3, -0.25) is 0 Å². The molecule has 0 fully saturated rings. The van der Waals surface area contributed by atoms with Gasteiger partial charge in [-0.1, -0.05) is 32.8 Å². The summed E-state index contributed by atoms with van der Waals surface area (Å²) in [6.45, 7) is 6.29. The molecule has 0 unspecified atom stereocenters. The Morgan fingerprint density at radius 3 is 2.52 bits per heavy atom. The van der Waals surface area contributed by atoms with E-state index in [0.29, 0.717) is 22.5 Å². The minimum Gasteiger partial charge on any atom is -0.313 e.